The van der Waals surface area contributed by atoms with Crippen LogP contribution in [0.3, 0.4) is 0 Å². The van der Waals surface area contributed by atoms with E-state index in [9.17, 15) is 39.5 Å². The Balaban J connectivity index is 1.96. The molecular formula is C19H14F9N3O2S2. The van der Waals surface area contributed by atoms with Crippen molar-refractivity contribution in [1.29, 1.82) is 0 Å². The third-order valence-corrected chi connectivity index (χ3v) is 5.79. The first-order valence-corrected chi connectivity index (χ1v) is 11.2. The van der Waals surface area contributed by atoms with E-state index in [1.807, 2.05) is 0 Å². The van der Waals surface area contributed by atoms with Crippen LogP contribution in [-0.4, -0.2) is 44.6 Å². The summed E-state index contributed by atoms with van der Waals surface area (Å²) in [7, 11) is 1.54. The molecule has 0 bridgehead atoms. The van der Waals surface area contributed by atoms with Gasteiger partial charge in [-0.25, -0.2) is 19.1 Å². The van der Waals surface area contributed by atoms with Crippen LogP contribution in [0.25, 0.3) is 22.6 Å². The Bertz CT molecular complexity index is 1200. The lowest BCUT2D eigenvalue weighted by Crippen LogP contribution is -2.41. The van der Waals surface area contributed by atoms with Crippen molar-refractivity contribution in [2.24, 2.45) is 7.05 Å². The zero-order valence-electron chi connectivity index (χ0n) is 17.5. The highest BCUT2D eigenvalue weighted by atomic mass is 32.2. The molecule has 0 N–H and O–H groups in total. The summed E-state index contributed by atoms with van der Waals surface area (Å²) in [5.41, 5.74) is -3.79. The molecule has 1 aromatic carbocycles. The van der Waals surface area contributed by atoms with Gasteiger partial charge < -0.3 is 9.30 Å². The molecule has 0 saturated carbocycles. The first kappa shape index (κ1) is 27.3. The number of ether oxygens (including phenoxy) is 2. The van der Waals surface area contributed by atoms with Crippen molar-refractivity contribution in [2.75, 3.05) is 5.75 Å². The minimum Gasteiger partial charge on any atom is -0.428 e. The number of benzene rings is 1. The maximum absolute atomic E-state index is 13.8. The van der Waals surface area contributed by atoms with Gasteiger partial charge in [-0.3, -0.25) is 0 Å². The molecule has 0 fully saturated rings. The second-order valence-corrected chi connectivity index (χ2v) is 9.13. The van der Waals surface area contributed by atoms with Crippen LogP contribution >= 0.6 is 23.5 Å². The van der Waals surface area contributed by atoms with Crippen molar-refractivity contribution in [2.45, 2.75) is 41.1 Å². The second-order valence-electron chi connectivity index (χ2n) is 6.69. The average Bonchev–Trinajstić information content (AvgIpc) is 3.01. The van der Waals surface area contributed by atoms with Crippen molar-refractivity contribution >= 4 is 34.7 Å². The second kappa shape index (κ2) is 9.97. The molecule has 35 heavy (non-hydrogen) atoms. The Morgan fingerprint density at radius 2 is 1.74 bits per heavy atom. The number of aromatic nitrogens is 3. The van der Waals surface area contributed by atoms with Gasteiger partial charge in [-0.05, 0) is 41.8 Å². The summed E-state index contributed by atoms with van der Waals surface area (Å²) in [6, 6.07) is 4.46. The molecule has 2 aromatic heterocycles. The van der Waals surface area contributed by atoms with Crippen molar-refractivity contribution in [1.82, 2.24) is 14.5 Å². The summed E-state index contributed by atoms with van der Waals surface area (Å²) in [6.45, 7) is 1.72. The van der Waals surface area contributed by atoms with Gasteiger partial charge in [0.2, 0.25) is 0 Å². The number of aryl methyl sites for hydroxylation is 1. The van der Waals surface area contributed by atoms with E-state index in [1.54, 1.807) is 6.92 Å². The van der Waals surface area contributed by atoms with E-state index in [1.165, 1.54) is 23.7 Å². The quantitative estimate of drug-likeness (QED) is 0.219. The first-order valence-electron chi connectivity index (χ1n) is 9.40. The molecule has 5 nitrogen and oxygen atoms in total. The Hall–Kier alpha value is -2.33. The minimum absolute atomic E-state index is 0.139. The molecule has 0 radical (unpaired) electrons. The molecule has 0 amide bonds. The fourth-order valence-electron chi connectivity index (χ4n) is 2.90. The number of imidazole rings is 1. The van der Waals surface area contributed by atoms with Crippen LogP contribution in [0, 0.1) is 0 Å². The minimum atomic E-state index is -5.65. The van der Waals surface area contributed by atoms with Crippen molar-refractivity contribution < 1.29 is 49.0 Å². The lowest BCUT2D eigenvalue weighted by Gasteiger charge is -2.22. The number of nitrogens with zero attached hydrogens (tertiary/aromatic N) is 3. The van der Waals surface area contributed by atoms with E-state index < -0.39 is 30.1 Å². The normalized spacial score (nSPS) is 13.9. The van der Waals surface area contributed by atoms with Crippen LogP contribution in [0.4, 0.5) is 39.5 Å². The van der Waals surface area contributed by atoms with Crippen LogP contribution in [-0.2, 0) is 11.8 Å². The number of fused-ring (bicyclic) bond motifs is 1. The van der Waals surface area contributed by atoms with Crippen LogP contribution in [0.1, 0.15) is 6.92 Å². The molecule has 3 aromatic rings. The first-order chi connectivity index (χ1) is 16.1. The molecule has 2 heterocycles. The Labute approximate surface area is 200 Å². The molecule has 16 heteroatoms. The van der Waals surface area contributed by atoms with Crippen molar-refractivity contribution in [3.8, 4) is 17.1 Å². The van der Waals surface area contributed by atoms with Gasteiger partial charge in [-0.1, -0.05) is 6.92 Å². The zero-order chi connectivity index (χ0) is 26.2. The zero-order valence-corrected chi connectivity index (χ0v) is 19.2. The molecule has 1 unspecified atom stereocenters. The van der Waals surface area contributed by atoms with E-state index in [-0.39, 0.29) is 38.5 Å². The topological polar surface area (TPSA) is 49.2 Å². The van der Waals surface area contributed by atoms with E-state index in [2.05, 4.69) is 19.4 Å². The molecule has 0 saturated heterocycles. The van der Waals surface area contributed by atoms with E-state index in [0.29, 0.717) is 11.3 Å². The smallest absolute Gasteiger partial charge is 0.428 e. The van der Waals surface area contributed by atoms with Gasteiger partial charge >= 0.3 is 24.3 Å². The van der Waals surface area contributed by atoms with Gasteiger partial charge in [-0.15, -0.1) is 24.9 Å². The number of pyridine rings is 1. The van der Waals surface area contributed by atoms with Gasteiger partial charge in [0.1, 0.15) is 17.1 Å². The third-order valence-electron chi connectivity index (χ3n) is 4.17. The van der Waals surface area contributed by atoms with Gasteiger partial charge in [0.05, 0.1) is 0 Å². The van der Waals surface area contributed by atoms with Crippen LogP contribution < -0.4 is 4.74 Å². The summed E-state index contributed by atoms with van der Waals surface area (Å²) < 4.78 is 124. The fourth-order valence-corrected chi connectivity index (χ4v) is 4.27. The highest BCUT2D eigenvalue weighted by molar-refractivity contribution is 8.00. The molecule has 3 rings (SSSR count). The van der Waals surface area contributed by atoms with Crippen molar-refractivity contribution in [3.63, 3.8) is 0 Å². The predicted molar refractivity (Wildman–Crippen MR) is 110 cm³/mol. The summed E-state index contributed by atoms with van der Waals surface area (Å²) in [5, 5.41) is 0. The van der Waals surface area contributed by atoms with Crippen LogP contribution in [0.15, 0.2) is 40.3 Å². The van der Waals surface area contributed by atoms with E-state index >= 15 is 0 Å². The molecular weight excluding hydrogens is 537 g/mol. The lowest BCUT2D eigenvalue weighted by molar-refractivity contribution is -0.411. The summed E-state index contributed by atoms with van der Waals surface area (Å²) in [6.07, 6.45) is -13.7. The van der Waals surface area contributed by atoms with Crippen LogP contribution in [0.2, 0.25) is 0 Å². The number of hydrogen-bond donors (Lipinski definition) is 0. The Kier molecular flexibility index (Phi) is 7.76. The standard InChI is InChI=1S/C19H14F9N3O2S2/c1-3-34-13-6-9(32-17(21,22)16(20)33-18(23,24)25)4-5-11(13)14-30-12-7-10(35-19(26,27)28)8-29-15(12)31(14)2/h4-8,16H,3H2,1-2H3. The average molecular weight is 551 g/mol. The molecule has 0 aliphatic heterocycles. The van der Waals surface area contributed by atoms with Crippen LogP contribution in [0.5, 0.6) is 5.75 Å². The number of rotatable bonds is 8. The number of alkyl halides is 9. The monoisotopic (exact) mass is 551 g/mol. The number of hydrogen-bond acceptors (Lipinski definition) is 6. The molecule has 1 atom stereocenters. The summed E-state index contributed by atoms with van der Waals surface area (Å²) in [4.78, 5) is 8.40. The molecule has 0 aliphatic rings. The van der Waals surface area contributed by atoms with Gasteiger partial charge in [0.15, 0.2) is 5.65 Å². The van der Waals surface area contributed by atoms with E-state index in [4.69, 9.17) is 0 Å². The maximum Gasteiger partial charge on any atom is 0.525 e. The molecule has 0 spiro atoms. The van der Waals surface area contributed by atoms with Gasteiger partial charge in [-0.2, -0.15) is 22.0 Å². The fraction of sp³-hybridized carbons (Fsp3) is 0.368. The third kappa shape index (κ3) is 6.88. The molecule has 0 aliphatic carbocycles. The van der Waals surface area contributed by atoms with Gasteiger partial charge in [0, 0.05) is 28.6 Å². The number of thioether (sulfide) groups is 2. The largest absolute Gasteiger partial charge is 0.525 e. The Morgan fingerprint density at radius 1 is 1.06 bits per heavy atom. The van der Waals surface area contributed by atoms with Gasteiger partial charge in [0.25, 0.3) is 0 Å². The predicted octanol–water partition coefficient (Wildman–Crippen LogP) is 7.16. The molecule has 192 valence electrons. The highest BCUT2D eigenvalue weighted by Crippen LogP contribution is 2.40. The van der Waals surface area contributed by atoms with Crippen molar-refractivity contribution in [3.05, 3.63) is 30.5 Å². The van der Waals surface area contributed by atoms with E-state index in [0.717, 1.165) is 30.1 Å². The maximum atomic E-state index is 13.8. The summed E-state index contributed by atoms with van der Waals surface area (Å²) in [5.74, 6) is -0.00629. The SMILES string of the molecule is CCSc1cc(OC(F)(F)C(F)OC(F)(F)F)ccc1-c1nc2cc(SC(F)(F)F)cnc2n1C. The summed E-state index contributed by atoms with van der Waals surface area (Å²) >= 11 is 0.764. The lowest BCUT2D eigenvalue weighted by atomic mass is 10.2. The Morgan fingerprint density at radius 3 is 2.34 bits per heavy atom. The highest BCUT2D eigenvalue weighted by Gasteiger charge is 2.50. The number of halogens is 9.